The zero-order valence-corrected chi connectivity index (χ0v) is 11.7. The summed E-state index contributed by atoms with van der Waals surface area (Å²) in [5.74, 6) is -0.0869. The third-order valence-corrected chi connectivity index (χ3v) is 3.38. The standard InChI is InChI=1S/C15H9ClF6/c16-8-9-1-6-12(13(7-9)15(20,21)22)10-2-4-11(5-3-10)14(17,18)19/h1-7H,8H2. The molecule has 0 amide bonds. The third kappa shape index (κ3) is 3.55. The van der Waals surface area contributed by atoms with Crippen LogP contribution < -0.4 is 0 Å². The second kappa shape index (κ2) is 5.83. The minimum Gasteiger partial charge on any atom is -0.166 e. The van der Waals surface area contributed by atoms with E-state index in [2.05, 4.69) is 0 Å². The van der Waals surface area contributed by atoms with E-state index in [1.165, 1.54) is 12.1 Å². The van der Waals surface area contributed by atoms with E-state index < -0.39 is 23.5 Å². The molecular formula is C15H9ClF6. The quantitative estimate of drug-likeness (QED) is 0.456. The Kier molecular flexibility index (Phi) is 4.42. The minimum atomic E-state index is -4.62. The molecule has 2 aromatic carbocycles. The molecule has 0 fully saturated rings. The smallest absolute Gasteiger partial charge is 0.166 e. The van der Waals surface area contributed by atoms with Crippen LogP contribution in [0.5, 0.6) is 0 Å². The van der Waals surface area contributed by atoms with Gasteiger partial charge in [0.05, 0.1) is 11.1 Å². The lowest BCUT2D eigenvalue weighted by Gasteiger charge is -2.15. The van der Waals surface area contributed by atoms with Crippen molar-refractivity contribution < 1.29 is 26.3 Å². The number of hydrogen-bond donors (Lipinski definition) is 0. The topological polar surface area (TPSA) is 0 Å². The van der Waals surface area contributed by atoms with Gasteiger partial charge in [0.2, 0.25) is 0 Å². The minimum absolute atomic E-state index is 0.0569. The molecule has 0 saturated heterocycles. The third-order valence-electron chi connectivity index (χ3n) is 3.07. The largest absolute Gasteiger partial charge is 0.417 e. The summed E-state index contributed by atoms with van der Waals surface area (Å²) >= 11 is 5.53. The van der Waals surface area contributed by atoms with E-state index in [0.717, 1.165) is 30.3 Å². The van der Waals surface area contributed by atoms with Crippen molar-refractivity contribution in [3.05, 3.63) is 59.2 Å². The number of halogens is 7. The molecule has 2 rings (SSSR count). The molecule has 0 spiro atoms. The van der Waals surface area contributed by atoms with Gasteiger partial charge in [-0.15, -0.1) is 11.6 Å². The van der Waals surface area contributed by atoms with E-state index in [0.29, 0.717) is 0 Å². The summed E-state index contributed by atoms with van der Waals surface area (Å²) in [6.07, 6.45) is -9.16. The maximum Gasteiger partial charge on any atom is 0.417 e. The molecule has 0 radical (unpaired) electrons. The van der Waals surface area contributed by atoms with E-state index in [1.807, 2.05) is 0 Å². The number of hydrogen-bond acceptors (Lipinski definition) is 0. The molecule has 22 heavy (non-hydrogen) atoms. The predicted molar refractivity (Wildman–Crippen MR) is 71.4 cm³/mol. The maximum absolute atomic E-state index is 13.1. The van der Waals surface area contributed by atoms with Crippen molar-refractivity contribution in [1.29, 1.82) is 0 Å². The Morgan fingerprint density at radius 3 is 1.82 bits per heavy atom. The van der Waals surface area contributed by atoms with Gasteiger partial charge in [0.1, 0.15) is 0 Å². The van der Waals surface area contributed by atoms with Crippen LogP contribution in [0.4, 0.5) is 26.3 Å². The Morgan fingerprint density at radius 1 is 0.773 bits per heavy atom. The molecule has 0 heterocycles. The molecule has 0 saturated carbocycles. The van der Waals surface area contributed by atoms with E-state index in [4.69, 9.17) is 11.6 Å². The Morgan fingerprint density at radius 2 is 1.36 bits per heavy atom. The van der Waals surface area contributed by atoms with Gasteiger partial charge < -0.3 is 0 Å². The Bertz CT molecular complexity index is 655. The second-order valence-corrected chi connectivity index (χ2v) is 4.85. The highest BCUT2D eigenvalue weighted by Crippen LogP contribution is 2.39. The summed E-state index contributed by atoms with van der Waals surface area (Å²) in [5, 5.41) is 0. The van der Waals surface area contributed by atoms with Crippen molar-refractivity contribution in [3.8, 4) is 11.1 Å². The van der Waals surface area contributed by atoms with Gasteiger partial charge in [0.25, 0.3) is 0 Å². The number of alkyl halides is 7. The molecule has 0 atom stereocenters. The molecule has 0 aliphatic carbocycles. The van der Waals surface area contributed by atoms with Crippen LogP contribution in [-0.2, 0) is 18.2 Å². The van der Waals surface area contributed by atoms with E-state index in [-0.39, 0.29) is 22.6 Å². The van der Waals surface area contributed by atoms with Crippen molar-refractivity contribution >= 4 is 11.6 Å². The van der Waals surface area contributed by atoms with Gasteiger partial charge in [0, 0.05) is 5.88 Å². The van der Waals surface area contributed by atoms with Gasteiger partial charge in [-0.25, -0.2) is 0 Å². The van der Waals surface area contributed by atoms with Crippen molar-refractivity contribution in [2.24, 2.45) is 0 Å². The van der Waals surface area contributed by atoms with Crippen molar-refractivity contribution in [2.75, 3.05) is 0 Å². The highest BCUT2D eigenvalue weighted by atomic mass is 35.5. The van der Waals surface area contributed by atoms with Gasteiger partial charge in [-0.2, -0.15) is 26.3 Å². The molecule has 7 heteroatoms. The normalized spacial score (nSPS) is 12.5. The molecule has 0 bridgehead atoms. The van der Waals surface area contributed by atoms with Crippen LogP contribution in [0.25, 0.3) is 11.1 Å². The van der Waals surface area contributed by atoms with Gasteiger partial charge in [-0.05, 0) is 34.9 Å². The van der Waals surface area contributed by atoms with Gasteiger partial charge in [-0.1, -0.05) is 24.3 Å². The zero-order valence-electron chi connectivity index (χ0n) is 10.9. The lowest BCUT2D eigenvalue weighted by atomic mass is 9.96. The lowest BCUT2D eigenvalue weighted by molar-refractivity contribution is -0.138. The summed E-state index contributed by atoms with van der Waals surface area (Å²) in [7, 11) is 0. The molecule has 0 unspecified atom stereocenters. The first-order chi connectivity index (χ1) is 10.1. The molecule has 0 N–H and O–H groups in total. The molecule has 0 aliphatic heterocycles. The van der Waals surface area contributed by atoms with Crippen LogP contribution >= 0.6 is 11.6 Å². The number of benzene rings is 2. The average Bonchev–Trinajstić information content (AvgIpc) is 2.45. The SMILES string of the molecule is FC(F)(F)c1ccc(-c2ccc(CCl)cc2C(F)(F)F)cc1. The van der Waals surface area contributed by atoms with Crippen LogP contribution in [0.3, 0.4) is 0 Å². The summed E-state index contributed by atoms with van der Waals surface area (Å²) < 4.78 is 76.8. The first-order valence-electron chi connectivity index (χ1n) is 6.06. The summed E-state index contributed by atoms with van der Waals surface area (Å²) in [6.45, 7) is 0. The molecule has 0 aromatic heterocycles. The fourth-order valence-corrected chi connectivity index (χ4v) is 2.17. The van der Waals surface area contributed by atoms with Crippen molar-refractivity contribution in [1.82, 2.24) is 0 Å². The van der Waals surface area contributed by atoms with Crippen LogP contribution in [0, 0.1) is 0 Å². The van der Waals surface area contributed by atoms with Gasteiger partial charge in [-0.3, -0.25) is 0 Å². The van der Waals surface area contributed by atoms with Crippen LogP contribution in [-0.4, -0.2) is 0 Å². The van der Waals surface area contributed by atoms with Crippen LogP contribution in [0.15, 0.2) is 42.5 Å². The zero-order chi connectivity index (χ0) is 16.5. The fraction of sp³-hybridized carbons (Fsp3) is 0.200. The Hall–Kier alpha value is -1.69. The molecule has 2 aromatic rings. The highest BCUT2D eigenvalue weighted by molar-refractivity contribution is 6.17. The fourth-order valence-electron chi connectivity index (χ4n) is 2.00. The second-order valence-electron chi connectivity index (χ2n) is 4.59. The van der Waals surface area contributed by atoms with E-state index in [9.17, 15) is 26.3 Å². The number of rotatable bonds is 2. The molecular weight excluding hydrogens is 330 g/mol. The first kappa shape index (κ1) is 16.7. The van der Waals surface area contributed by atoms with E-state index in [1.54, 1.807) is 0 Å². The average molecular weight is 339 g/mol. The molecule has 0 aliphatic rings. The molecule has 0 nitrogen and oxygen atoms in total. The van der Waals surface area contributed by atoms with E-state index >= 15 is 0 Å². The lowest BCUT2D eigenvalue weighted by Crippen LogP contribution is -2.08. The van der Waals surface area contributed by atoms with Crippen molar-refractivity contribution in [2.45, 2.75) is 18.2 Å². The summed E-state index contributed by atoms with van der Waals surface area (Å²) in [6, 6.07) is 7.08. The molecule has 118 valence electrons. The maximum atomic E-state index is 13.1. The van der Waals surface area contributed by atoms with Crippen LogP contribution in [0.2, 0.25) is 0 Å². The monoisotopic (exact) mass is 338 g/mol. The highest BCUT2D eigenvalue weighted by Gasteiger charge is 2.34. The predicted octanol–water partition coefficient (Wildman–Crippen LogP) is 6.13. The first-order valence-corrected chi connectivity index (χ1v) is 6.60. The summed E-state index contributed by atoms with van der Waals surface area (Å²) in [5.41, 5.74) is -1.69. The van der Waals surface area contributed by atoms with Crippen molar-refractivity contribution in [3.63, 3.8) is 0 Å². The van der Waals surface area contributed by atoms with Crippen LogP contribution in [0.1, 0.15) is 16.7 Å². The van der Waals surface area contributed by atoms with Gasteiger partial charge in [0.15, 0.2) is 0 Å². The Labute approximate surface area is 127 Å². The van der Waals surface area contributed by atoms with Gasteiger partial charge >= 0.3 is 12.4 Å². The summed E-state index contributed by atoms with van der Waals surface area (Å²) in [4.78, 5) is 0. The Balaban J connectivity index is 2.53.